The Bertz CT molecular complexity index is 1540. The summed E-state index contributed by atoms with van der Waals surface area (Å²) < 4.78 is 84.8. The van der Waals surface area contributed by atoms with E-state index in [1.54, 1.807) is 35.0 Å². The van der Waals surface area contributed by atoms with Crippen molar-refractivity contribution >= 4 is 59.5 Å². The van der Waals surface area contributed by atoms with E-state index in [4.69, 9.17) is 24.4 Å². The van der Waals surface area contributed by atoms with Crippen LogP contribution in [0.1, 0.15) is 21.4 Å². The topological polar surface area (TPSA) is 76.7 Å². The zero-order valence-electron chi connectivity index (χ0n) is 21.2. The van der Waals surface area contributed by atoms with Crippen molar-refractivity contribution in [1.82, 2.24) is 38.7 Å². The number of piperazine rings is 1. The van der Waals surface area contributed by atoms with E-state index in [9.17, 15) is 26.3 Å². The Labute approximate surface area is 252 Å². The molecule has 0 spiro atoms. The molecule has 0 aromatic carbocycles. The summed E-state index contributed by atoms with van der Waals surface area (Å²) in [5.74, 6) is -2.49. The lowest BCUT2D eigenvalue weighted by Gasteiger charge is -2.34. The number of aromatic nitrogens is 6. The molecule has 4 aromatic heterocycles. The number of nitrogens with zero attached hydrogens (tertiary/aromatic N) is 10. The highest BCUT2D eigenvalue weighted by molar-refractivity contribution is 7.71. The highest BCUT2D eigenvalue weighted by atomic mass is 32.1. The van der Waals surface area contributed by atoms with Crippen LogP contribution in [0.25, 0.3) is 0 Å². The third kappa shape index (κ3) is 6.94. The largest absolute Gasteiger partial charge is 0.453 e. The first kappa shape index (κ1) is 30.4. The van der Waals surface area contributed by atoms with Crippen LogP contribution in [-0.4, -0.2) is 77.3 Å². The monoisotopic (exact) mass is 666 g/mol. The SMILES string of the molecule is FC(F)(F)c1nn(CN2CCN(Cn3nc(C(F)(F)F)n(N=Cc4cccs4)c3=S)CC2)c(=S)n1N=Cc1cccs1. The molecule has 0 saturated carbocycles. The zero-order valence-corrected chi connectivity index (χ0v) is 24.5. The second-order valence-electron chi connectivity index (χ2n) is 8.87. The van der Waals surface area contributed by atoms with Crippen molar-refractivity contribution in [2.24, 2.45) is 10.2 Å². The van der Waals surface area contributed by atoms with Gasteiger partial charge in [0.25, 0.3) is 11.6 Å². The van der Waals surface area contributed by atoms with Crippen LogP contribution < -0.4 is 0 Å². The predicted octanol–water partition coefficient (Wildman–Crippen LogP) is 5.30. The van der Waals surface area contributed by atoms with Crippen LogP contribution in [0.15, 0.2) is 45.2 Å². The van der Waals surface area contributed by atoms with E-state index in [0.717, 1.165) is 9.36 Å². The third-order valence-electron chi connectivity index (χ3n) is 5.96. The van der Waals surface area contributed by atoms with Crippen molar-refractivity contribution in [3.05, 3.63) is 66.0 Å². The number of rotatable bonds is 8. The van der Waals surface area contributed by atoms with Crippen molar-refractivity contribution in [2.45, 2.75) is 25.7 Å². The maximum absolute atomic E-state index is 13.7. The van der Waals surface area contributed by atoms with Crippen LogP contribution in [0.3, 0.4) is 0 Å². The molecule has 0 N–H and O–H groups in total. The smallest absolute Gasteiger partial charge is 0.282 e. The minimum atomic E-state index is -4.78. The first-order valence-electron chi connectivity index (χ1n) is 12.0. The van der Waals surface area contributed by atoms with Gasteiger partial charge in [0, 0.05) is 35.9 Å². The fraction of sp³-hybridized carbons (Fsp3) is 0.364. The van der Waals surface area contributed by atoms with Gasteiger partial charge >= 0.3 is 12.4 Å². The first-order valence-corrected chi connectivity index (χ1v) is 14.6. The molecule has 0 atom stereocenters. The summed E-state index contributed by atoms with van der Waals surface area (Å²) in [6.07, 6.45) is -7.00. The van der Waals surface area contributed by atoms with Crippen molar-refractivity contribution < 1.29 is 26.3 Å². The van der Waals surface area contributed by atoms with E-state index in [-0.39, 0.29) is 22.9 Å². The molecular formula is C22H20F6N10S4. The van der Waals surface area contributed by atoms with E-state index in [1.807, 2.05) is 9.80 Å². The summed E-state index contributed by atoms with van der Waals surface area (Å²) in [6.45, 7) is 1.47. The van der Waals surface area contributed by atoms with Gasteiger partial charge < -0.3 is 0 Å². The van der Waals surface area contributed by atoms with E-state index < -0.39 is 24.0 Å². The highest BCUT2D eigenvalue weighted by Gasteiger charge is 2.40. The van der Waals surface area contributed by atoms with Gasteiger partial charge in [-0.1, -0.05) is 12.1 Å². The van der Waals surface area contributed by atoms with Crippen molar-refractivity contribution in [3.63, 3.8) is 0 Å². The average molecular weight is 667 g/mol. The molecule has 0 unspecified atom stereocenters. The number of hydrogen-bond donors (Lipinski definition) is 0. The van der Waals surface area contributed by atoms with Crippen molar-refractivity contribution in [3.8, 4) is 0 Å². The summed E-state index contributed by atoms with van der Waals surface area (Å²) in [6, 6.07) is 6.90. The maximum Gasteiger partial charge on any atom is 0.453 e. The van der Waals surface area contributed by atoms with Gasteiger partial charge in [0.05, 0.1) is 25.8 Å². The van der Waals surface area contributed by atoms with Gasteiger partial charge in [-0.2, -0.15) is 45.9 Å². The lowest BCUT2D eigenvalue weighted by atomic mass is 10.3. The molecule has 1 aliphatic rings. The van der Waals surface area contributed by atoms with Crippen molar-refractivity contribution in [2.75, 3.05) is 26.2 Å². The second-order valence-corrected chi connectivity index (χ2v) is 11.6. The minimum absolute atomic E-state index is 0.0268. The molecule has 5 rings (SSSR count). The summed E-state index contributed by atoms with van der Waals surface area (Å²) in [5.41, 5.74) is 0. The number of alkyl halides is 6. The zero-order chi connectivity index (χ0) is 30.1. The van der Waals surface area contributed by atoms with Crippen LogP contribution in [0.4, 0.5) is 26.3 Å². The third-order valence-corrected chi connectivity index (χ3v) is 8.34. The summed E-state index contributed by atoms with van der Waals surface area (Å²) in [5, 5.41) is 18.7. The van der Waals surface area contributed by atoms with E-state index in [2.05, 4.69) is 20.4 Å². The first-order chi connectivity index (χ1) is 19.9. The maximum atomic E-state index is 13.7. The molecule has 10 nitrogen and oxygen atoms in total. The quantitative estimate of drug-likeness (QED) is 0.144. The van der Waals surface area contributed by atoms with Gasteiger partial charge in [-0.05, 0) is 47.3 Å². The average Bonchev–Trinajstić information content (AvgIpc) is 3.72. The Morgan fingerprint density at radius 3 is 1.40 bits per heavy atom. The molecule has 0 amide bonds. The summed E-state index contributed by atoms with van der Waals surface area (Å²) >= 11 is 13.1. The van der Waals surface area contributed by atoms with Crippen molar-refractivity contribution in [1.29, 1.82) is 0 Å². The molecular weight excluding hydrogens is 647 g/mol. The number of hydrogen-bond acceptors (Lipinski definition) is 10. The van der Waals surface area contributed by atoms with Crippen LogP contribution in [0, 0.1) is 9.54 Å². The summed E-state index contributed by atoms with van der Waals surface area (Å²) in [4.78, 5) is 4.96. The standard InChI is InChI=1S/C22H20F6N10S4/c23-21(24,25)17-31-35(19(39)37(17)29-11-15-3-1-9-41-15)13-33-5-7-34(8-6-33)14-36-20(40)38(18(32-36)22(26,27)28)30-12-16-4-2-10-42-16/h1-4,9-12H,5-8,13-14H2. The Morgan fingerprint density at radius 1 is 0.714 bits per heavy atom. The van der Waals surface area contributed by atoms with E-state index >= 15 is 0 Å². The fourth-order valence-electron chi connectivity index (χ4n) is 3.95. The predicted molar refractivity (Wildman–Crippen MR) is 150 cm³/mol. The molecule has 42 heavy (non-hydrogen) atoms. The van der Waals surface area contributed by atoms with Crippen LogP contribution in [0.2, 0.25) is 0 Å². The fourth-order valence-corrected chi connectivity index (χ4v) is 5.58. The molecule has 1 saturated heterocycles. The van der Waals surface area contributed by atoms with Gasteiger partial charge in [-0.15, -0.1) is 32.9 Å². The molecule has 4 aromatic rings. The molecule has 5 heterocycles. The van der Waals surface area contributed by atoms with Gasteiger partial charge in [0.2, 0.25) is 9.54 Å². The molecule has 0 aliphatic carbocycles. The highest BCUT2D eigenvalue weighted by Crippen LogP contribution is 2.29. The summed E-state index contributed by atoms with van der Waals surface area (Å²) in [7, 11) is 0. The van der Waals surface area contributed by atoms with Gasteiger partial charge in [0.15, 0.2) is 0 Å². The normalized spacial score (nSPS) is 16.0. The lowest BCUT2D eigenvalue weighted by Crippen LogP contribution is -2.47. The van der Waals surface area contributed by atoms with Crippen LogP contribution in [0.5, 0.6) is 0 Å². The Hall–Kier alpha value is -3.04. The van der Waals surface area contributed by atoms with Gasteiger partial charge in [-0.25, -0.2) is 9.36 Å². The van der Waals surface area contributed by atoms with Gasteiger partial charge in [-0.3, -0.25) is 9.80 Å². The number of halogens is 6. The molecule has 20 heteroatoms. The molecule has 224 valence electrons. The Morgan fingerprint density at radius 2 is 1.10 bits per heavy atom. The molecule has 1 aliphatic heterocycles. The van der Waals surface area contributed by atoms with E-state index in [0.29, 0.717) is 45.3 Å². The second kappa shape index (κ2) is 12.3. The molecule has 0 bridgehead atoms. The molecule has 0 radical (unpaired) electrons. The van der Waals surface area contributed by atoms with Crippen LogP contribution >= 0.6 is 47.1 Å². The van der Waals surface area contributed by atoms with E-state index in [1.165, 1.54) is 35.1 Å². The molecule has 1 fully saturated rings. The Kier molecular flexibility index (Phi) is 8.90. The van der Waals surface area contributed by atoms with Crippen LogP contribution in [-0.2, 0) is 25.7 Å². The lowest BCUT2D eigenvalue weighted by molar-refractivity contribution is -0.148. The number of thiophene rings is 2. The van der Waals surface area contributed by atoms with Gasteiger partial charge in [0.1, 0.15) is 0 Å². The minimum Gasteiger partial charge on any atom is -0.282 e. The Balaban J connectivity index is 1.27.